The molecule has 1 fully saturated rings. The Bertz CT molecular complexity index is 389. The molecule has 1 aliphatic heterocycles. The summed E-state index contributed by atoms with van der Waals surface area (Å²) in [6.07, 6.45) is 1.19. The van der Waals surface area contributed by atoms with Gasteiger partial charge < -0.3 is 10.0 Å². The fourth-order valence-electron chi connectivity index (χ4n) is 1.88. The fraction of sp³-hybridized carbons (Fsp3) is 0.538. The minimum absolute atomic E-state index is 0.0741. The lowest BCUT2D eigenvalue weighted by atomic mass is 10.3. The minimum Gasteiger partial charge on any atom is -0.480 e. The molecule has 0 unspecified atom stereocenters. The molecule has 0 amide bonds. The van der Waals surface area contributed by atoms with E-state index in [0.29, 0.717) is 26.2 Å². The van der Waals surface area contributed by atoms with Gasteiger partial charge in [0.15, 0.2) is 0 Å². The summed E-state index contributed by atoms with van der Waals surface area (Å²) in [4.78, 5) is 18.5. The molecule has 106 valence electrons. The number of aliphatic carboxylic acids is 1. The molecule has 2 rings (SSSR count). The van der Waals surface area contributed by atoms with E-state index in [1.165, 1.54) is 12.3 Å². The molecule has 5 nitrogen and oxygen atoms in total. The van der Waals surface area contributed by atoms with Crippen LogP contribution in [0.2, 0.25) is 0 Å². The standard InChI is InChI=1S/C11H14FN3O2.C2H6/c12-9-1-2-10(13-7-9)15-5-3-14(4-6-15)8-11(16)17;1-2/h1-2,7H,3-6,8H2,(H,16,17);1-2H3. The van der Waals surface area contributed by atoms with E-state index in [1.54, 1.807) is 6.07 Å². The molecular formula is C13H20FN3O2. The van der Waals surface area contributed by atoms with Crippen molar-refractivity contribution in [2.45, 2.75) is 13.8 Å². The summed E-state index contributed by atoms with van der Waals surface area (Å²) in [5, 5.41) is 8.67. The Balaban J connectivity index is 0.000000861. The molecule has 2 heterocycles. The van der Waals surface area contributed by atoms with E-state index in [-0.39, 0.29) is 12.4 Å². The summed E-state index contributed by atoms with van der Waals surface area (Å²) in [5.74, 6) is -0.419. The van der Waals surface area contributed by atoms with Crippen LogP contribution in [-0.2, 0) is 4.79 Å². The minimum atomic E-state index is -0.807. The summed E-state index contributed by atoms with van der Waals surface area (Å²) >= 11 is 0. The highest BCUT2D eigenvalue weighted by Crippen LogP contribution is 2.13. The molecule has 0 bridgehead atoms. The van der Waals surface area contributed by atoms with Crippen molar-refractivity contribution in [3.63, 3.8) is 0 Å². The summed E-state index contributed by atoms with van der Waals surface area (Å²) in [5.41, 5.74) is 0. The summed E-state index contributed by atoms with van der Waals surface area (Å²) < 4.78 is 12.7. The van der Waals surface area contributed by atoms with Crippen LogP contribution in [-0.4, -0.2) is 53.7 Å². The van der Waals surface area contributed by atoms with Crippen LogP contribution in [0.25, 0.3) is 0 Å². The second-order valence-corrected chi connectivity index (χ2v) is 3.99. The number of carbonyl (C=O) groups is 1. The zero-order valence-electron chi connectivity index (χ0n) is 11.3. The number of hydrogen-bond acceptors (Lipinski definition) is 4. The second kappa shape index (κ2) is 7.68. The number of pyridine rings is 1. The third-order valence-corrected chi connectivity index (χ3v) is 2.77. The molecule has 19 heavy (non-hydrogen) atoms. The Morgan fingerprint density at radius 3 is 2.42 bits per heavy atom. The molecule has 1 aromatic heterocycles. The molecule has 0 saturated carbocycles. The van der Waals surface area contributed by atoms with Crippen molar-refractivity contribution in [3.05, 3.63) is 24.1 Å². The van der Waals surface area contributed by atoms with Crippen LogP contribution in [0.3, 0.4) is 0 Å². The maximum absolute atomic E-state index is 12.7. The topological polar surface area (TPSA) is 56.7 Å². The molecule has 1 aliphatic rings. The van der Waals surface area contributed by atoms with Crippen molar-refractivity contribution in [1.82, 2.24) is 9.88 Å². The SMILES string of the molecule is CC.O=C(O)CN1CCN(c2ccc(F)cn2)CC1. The van der Waals surface area contributed by atoms with E-state index in [1.807, 2.05) is 23.6 Å². The number of anilines is 1. The van der Waals surface area contributed by atoms with Crippen molar-refractivity contribution in [1.29, 1.82) is 0 Å². The quantitative estimate of drug-likeness (QED) is 0.900. The van der Waals surface area contributed by atoms with E-state index in [2.05, 4.69) is 4.98 Å². The first kappa shape index (κ1) is 15.4. The van der Waals surface area contributed by atoms with Crippen LogP contribution < -0.4 is 4.90 Å². The monoisotopic (exact) mass is 269 g/mol. The predicted molar refractivity (Wildman–Crippen MR) is 71.8 cm³/mol. The van der Waals surface area contributed by atoms with Crippen molar-refractivity contribution in [2.75, 3.05) is 37.6 Å². The smallest absolute Gasteiger partial charge is 0.317 e. The van der Waals surface area contributed by atoms with Gasteiger partial charge in [-0.05, 0) is 12.1 Å². The van der Waals surface area contributed by atoms with E-state index >= 15 is 0 Å². The van der Waals surface area contributed by atoms with Gasteiger partial charge in [0.05, 0.1) is 12.7 Å². The number of rotatable bonds is 3. The average molecular weight is 269 g/mol. The van der Waals surface area contributed by atoms with Gasteiger partial charge in [-0.15, -0.1) is 0 Å². The number of carboxylic acid groups (broad SMARTS) is 1. The first-order chi connectivity index (χ1) is 9.15. The van der Waals surface area contributed by atoms with Crippen LogP contribution >= 0.6 is 0 Å². The van der Waals surface area contributed by atoms with Crippen LogP contribution in [0.5, 0.6) is 0 Å². The normalized spacial score (nSPS) is 15.6. The van der Waals surface area contributed by atoms with Crippen molar-refractivity contribution in [2.24, 2.45) is 0 Å². The Morgan fingerprint density at radius 1 is 1.32 bits per heavy atom. The van der Waals surface area contributed by atoms with Gasteiger partial charge in [-0.25, -0.2) is 9.37 Å². The average Bonchev–Trinajstić information content (AvgIpc) is 2.42. The van der Waals surface area contributed by atoms with E-state index in [0.717, 1.165) is 5.82 Å². The molecule has 1 saturated heterocycles. The predicted octanol–water partition coefficient (Wildman–Crippen LogP) is 1.45. The van der Waals surface area contributed by atoms with Gasteiger partial charge >= 0.3 is 5.97 Å². The molecule has 0 aromatic carbocycles. The first-order valence-electron chi connectivity index (χ1n) is 6.46. The lowest BCUT2D eigenvalue weighted by Gasteiger charge is -2.34. The zero-order chi connectivity index (χ0) is 14.3. The van der Waals surface area contributed by atoms with Crippen molar-refractivity contribution >= 4 is 11.8 Å². The number of nitrogens with zero attached hydrogens (tertiary/aromatic N) is 3. The maximum Gasteiger partial charge on any atom is 0.317 e. The largest absolute Gasteiger partial charge is 0.480 e. The number of piperazine rings is 1. The van der Waals surface area contributed by atoms with Crippen LogP contribution in [0.15, 0.2) is 18.3 Å². The highest BCUT2D eigenvalue weighted by Gasteiger charge is 2.19. The van der Waals surface area contributed by atoms with E-state index < -0.39 is 5.97 Å². The zero-order valence-corrected chi connectivity index (χ0v) is 11.3. The molecule has 6 heteroatoms. The maximum atomic E-state index is 12.7. The molecule has 0 aliphatic carbocycles. The molecule has 1 aromatic rings. The third kappa shape index (κ3) is 4.82. The van der Waals surface area contributed by atoms with Gasteiger partial charge in [0.1, 0.15) is 11.6 Å². The van der Waals surface area contributed by atoms with Crippen LogP contribution in [0, 0.1) is 5.82 Å². The lowest BCUT2D eigenvalue weighted by molar-refractivity contribution is -0.138. The van der Waals surface area contributed by atoms with Gasteiger partial charge in [-0.3, -0.25) is 9.69 Å². The van der Waals surface area contributed by atoms with Gasteiger partial charge in [0.2, 0.25) is 0 Å². The van der Waals surface area contributed by atoms with Gasteiger partial charge in [0, 0.05) is 26.2 Å². The molecule has 0 spiro atoms. The van der Waals surface area contributed by atoms with Crippen LogP contribution in [0.4, 0.5) is 10.2 Å². The molecule has 0 atom stereocenters. The third-order valence-electron chi connectivity index (χ3n) is 2.77. The van der Waals surface area contributed by atoms with Gasteiger partial charge in [-0.1, -0.05) is 13.8 Å². The number of hydrogen-bond donors (Lipinski definition) is 1. The van der Waals surface area contributed by atoms with Gasteiger partial charge in [0.25, 0.3) is 0 Å². The second-order valence-electron chi connectivity index (χ2n) is 3.99. The van der Waals surface area contributed by atoms with Crippen molar-refractivity contribution < 1.29 is 14.3 Å². The Labute approximate surface area is 112 Å². The Morgan fingerprint density at radius 2 is 1.95 bits per heavy atom. The first-order valence-corrected chi connectivity index (χ1v) is 6.46. The molecule has 1 N–H and O–H groups in total. The number of aromatic nitrogens is 1. The van der Waals surface area contributed by atoms with Crippen LogP contribution in [0.1, 0.15) is 13.8 Å². The van der Waals surface area contributed by atoms with E-state index in [4.69, 9.17) is 5.11 Å². The van der Waals surface area contributed by atoms with Gasteiger partial charge in [-0.2, -0.15) is 0 Å². The Hall–Kier alpha value is -1.69. The summed E-state index contributed by atoms with van der Waals surface area (Å²) in [6, 6.07) is 3.02. The van der Waals surface area contributed by atoms with E-state index in [9.17, 15) is 9.18 Å². The molecular weight excluding hydrogens is 249 g/mol. The number of carboxylic acids is 1. The highest BCUT2D eigenvalue weighted by atomic mass is 19.1. The highest BCUT2D eigenvalue weighted by molar-refractivity contribution is 5.69. The summed E-state index contributed by atoms with van der Waals surface area (Å²) in [7, 11) is 0. The fourth-order valence-corrected chi connectivity index (χ4v) is 1.88. The lowest BCUT2D eigenvalue weighted by Crippen LogP contribution is -2.48. The summed E-state index contributed by atoms with van der Waals surface area (Å²) in [6.45, 7) is 6.87. The Kier molecular flexibility index (Phi) is 6.21. The number of halogens is 1. The van der Waals surface area contributed by atoms with Crippen molar-refractivity contribution in [3.8, 4) is 0 Å². The molecule has 0 radical (unpaired) electrons.